The van der Waals surface area contributed by atoms with Crippen molar-refractivity contribution in [2.45, 2.75) is 30.7 Å². The Morgan fingerprint density at radius 2 is 1.72 bits per heavy atom. The summed E-state index contributed by atoms with van der Waals surface area (Å²) in [7, 11) is -3.62. The number of nitrogens with one attached hydrogen (secondary N) is 2. The predicted octanol–water partition coefficient (Wildman–Crippen LogP) is 4.15. The largest absolute Gasteiger partial charge is 0.351 e. The molecule has 0 radical (unpaired) electrons. The Hall–Kier alpha value is -2.48. The van der Waals surface area contributed by atoms with Crippen molar-refractivity contribution in [3.05, 3.63) is 88.1 Å². The molecule has 1 unspecified atom stereocenters. The molecule has 1 amide bonds. The second kappa shape index (κ2) is 9.82. The summed E-state index contributed by atoms with van der Waals surface area (Å²) in [6.45, 7) is 2.87. The molecule has 29 heavy (non-hydrogen) atoms. The molecule has 3 rings (SSSR count). The van der Waals surface area contributed by atoms with Crippen LogP contribution in [0.25, 0.3) is 0 Å². The summed E-state index contributed by atoms with van der Waals surface area (Å²) < 4.78 is 27.4. The Kier molecular flexibility index (Phi) is 7.19. The number of amides is 1. The average molecular weight is 429 g/mol. The number of hydrogen-bond donors (Lipinski definition) is 2. The third-order valence-electron chi connectivity index (χ3n) is 4.72. The molecule has 0 aliphatic heterocycles. The van der Waals surface area contributed by atoms with Crippen molar-refractivity contribution in [3.63, 3.8) is 0 Å². The molecular weight excluding hydrogens is 404 g/mol. The number of benzene rings is 2. The first-order valence-corrected chi connectivity index (χ1v) is 11.8. The van der Waals surface area contributed by atoms with Crippen LogP contribution < -0.4 is 10.0 Å². The van der Waals surface area contributed by atoms with E-state index in [1.54, 1.807) is 12.1 Å². The molecule has 2 N–H and O–H groups in total. The third kappa shape index (κ3) is 5.76. The fourth-order valence-electron chi connectivity index (χ4n) is 2.99. The predicted molar refractivity (Wildman–Crippen MR) is 117 cm³/mol. The van der Waals surface area contributed by atoms with Gasteiger partial charge in [-0.3, -0.25) is 4.79 Å². The summed E-state index contributed by atoms with van der Waals surface area (Å²) in [5, 5.41) is 4.85. The summed E-state index contributed by atoms with van der Waals surface area (Å²) in [5.41, 5.74) is 1.62. The van der Waals surface area contributed by atoms with Crippen molar-refractivity contribution >= 4 is 27.3 Å². The van der Waals surface area contributed by atoms with Crippen molar-refractivity contribution < 1.29 is 13.2 Å². The van der Waals surface area contributed by atoms with E-state index in [1.807, 2.05) is 35.7 Å². The summed E-state index contributed by atoms with van der Waals surface area (Å²) >= 11 is 1.49. The number of thiophene rings is 1. The van der Waals surface area contributed by atoms with Crippen LogP contribution in [0.1, 0.15) is 40.1 Å². The van der Waals surface area contributed by atoms with E-state index in [1.165, 1.54) is 29.0 Å². The second-order valence-electron chi connectivity index (χ2n) is 6.65. The van der Waals surface area contributed by atoms with Crippen LogP contribution in [0.2, 0.25) is 0 Å². The van der Waals surface area contributed by atoms with Crippen molar-refractivity contribution in [2.75, 3.05) is 6.54 Å². The Labute approximate surface area is 175 Å². The highest BCUT2D eigenvalue weighted by molar-refractivity contribution is 7.89. The zero-order valence-electron chi connectivity index (χ0n) is 16.2. The van der Waals surface area contributed by atoms with Gasteiger partial charge in [-0.1, -0.05) is 43.3 Å². The summed E-state index contributed by atoms with van der Waals surface area (Å²) in [4.78, 5) is 13.5. The van der Waals surface area contributed by atoms with Gasteiger partial charge in [0.25, 0.3) is 5.91 Å². The zero-order chi connectivity index (χ0) is 20.7. The van der Waals surface area contributed by atoms with E-state index in [-0.39, 0.29) is 23.3 Å². The lowest BCUT2D eigenvalue weighted by Crippen LogP contribution is -2.28. The van der Waals surface area contributed by atoms with Crippen molar-refractivity contribution in [3.8, 4) is 0 Å². The zero-order valence-corrected chi connectivity index (χ0v) is 17.8. The van der Waals surface area contributed by atoms with Crippen LogP contribution >= 0.6 is 11.3 Å². The lowest BCUT2D eigenvalue weighted by atomic mass is 9.96. The van der Waals surface area contributed by atoms with Crippen LogP contribution in [0.5, 0.6) is 0 Å². The van der Waals surface area contributed by atoms with Gasteiger partial charge in [0, 0.05) is 29.4 Å². The number of carbonyl (C=O) groups is 1. The first-order valence-electron chi connectivity index (χ1n) is 9.45. The molecule has 7 heteroatoms. The minimum Gasteiger partial charge on any atom is -0.351 e. The second-order valence-corrected chi connectivity index (χ2v) is 9.45. The van der Waals surface area contributed by atoms with Crippen LogP contribution in [0.4, 0.5) is 0 Å². The van der Waals surface area contributed by atoms with Crippen LogP contribution in [0.3, 0.4) is 0 Å². The molecule has 2 aromatic carbocycles. The average Bonchev–Trinajstić information content (AvgIpc) is 3.27. The van der Waals surface area contributed by atoms with Crippen LogP contribution in [-0.2, 0) is 16.6 Å². The fraction of sp³-hybridized carbons (Fsp3) is 0.227. The highest BCUT2D eigenvalue weighted by atomic mass is 32.2. The van der Waals surface area contributed by atoms with Gasteiger partial charge in [0.1, 0.15) is 0 Å². The minimum atomic E-state index is -3.62. The Morgan fingerprint density at radius 1 is 1.00 bits per heavy atom. The van der Waals surface area contributed by atoms with Gasteiger partial charge in [0.15, 0.2) is 0 Å². The summed E-state index contributed by atoms with van der Waals surface area (Å²) in [6.07, 6.45) is 0.914. The van der Waals surface area contributed by atoms with Gasteiger partial charge in [-0.05, 0) is 47.7 Å². The molecule has 0 aliphatic carbocycles. The quantitative estimate of drug-likeness (QED) is 0.538. The number of sulfonamides is 1. The molecule has 0 spiro atoms. The molecule has 0 aliphatic rings. The van der Waals surface area contributed by atoms with Crippen LogP contribution in [-0.4, -0.2) is 20.9 Å². The van der Waals surface area contributed by atoms with Gasteiger partial charge in [-0.25, -0.2) is 13.1 Å². The fourth-order valence-corrected chi connectivity index (χ4v) is 4.73. The van der Waals surface area contributed by atoms with Crippen molar-refractivity contribution in [1.29, 1.82) is 0 Å². The van der Waals surface area contributed by atoms with Gasteiger partial charge < -0.3 is 5.32 Å². The van der Waals surface area contributed by atoms with E-state index in [9.17, 15) is 13.2 Å². The van der Waals surface area contributed by atoms with E-state index in [0.29, 0.717) is 12.1 Å². The first kappa shape index (κ1) is 21.2. The maximum Gasteiger partial charge on any atom is 0.251 e. The van der Waals surface area contributed by atoms with Crippen LogP contribution in [0, 0.1) is 0 Å². The normalized spacial score (nSPS) is 12.4. The monoisotopic (exact) mass is 428 g/mol. The van der Waals surface area contributed by atoms with Gasteiger partial charge in [0.2, 0.25) is 10.0 Å². The molecule has 0 saturated carbocycles. The number of hydrogen-bond acceptors (Lipinski definition) is 4. The van der Waals surface area contributed by atoms with E-state index >= 15 is 0 Å². The number of carbonyl (C=O) groups excluding carboxylic acids is 1. The highest BCUT2D eigenvalue weighted by Gasteiger charge is 2.16. The van der Waals surface area contributed by atoms with E-state index in [2.05, 4.69) is 29.1 Å². The first-order chi connectivity index (χ1) is 14.0. The molecule has 0 bridgehead atoms. The topological polar surface area (TPSA) is 75.3 Å². The molecule has 1 heterocycles. The van der Waals surface area contributed by atoms with E-state index in [0.717, 1.165) is 11.3 Å². The minimum absolute atomic E-state index is 0.140. The van der Waals surface area contributed by atoms with Crippen molar-refractivity contribution in [1.82, 2.24) is 10.0 Å². The molecule has 152 valence electrons. The summed E-state index contributed by atoms with van der Waals surface area (Å²) in [6, 6.07) is 19.8. The van der Waals surface area contributed by atoms with E-state index < -0.39 is 10.0 Å². The van der Waals surface area contributed by atoms with Gasteiger partial charge >= 0.3 is 0 Å². The van der Waals surface area contributed by atoms with E-state index in [4.69, 9.17) is 0 Å². The molecule has 1 atom stereocenters. The highest BCUT2D eigenvalue weighted by Crippen LogP contribution is 2.18. The molecular formula is C22H24N2O3S2. The van der Waals surface area contributed by atoms with Gasteiger partial charge in [-0.15, -0.1) is 11.3 Å². The molecule has 1 aromatic heterocycles. The molecule has 3 aromatic rings. The summed E-state index contributed by atoms with van der Waals surface area (Å²) in [5.74, 6) is 0.0242. The van der Waals surface area contributed by atoms with Crippen molar-refractivity contribution in [2.24, 2.45) is 0 Å². The smallest absolute Gasteiger partial charge is 0.251 e. The molecule has 0 saturated heterocycles. The lowest BCUT2D eigenvalue weighted by molar-refractivity contribution is 0.0951. The van der Waals surface area contributed by atoms with Gasteiger partial charge in [-0.2, -0.15) is 0 Å². The Balaban J connectivity index is 1.59. The Bertz CT molecular complexity index is 1020. The SMILES string of the molecule is CCC(CNC(=O)c1ccc(S(=O)(=O)NCc2cccs2)cc1)c1ccccc1. The maximum atomic E-state index is 12.5. The third-order valence-corrected chi connectivity index (χ3v) is 7.01. The molecule has 5 nitrogen and oxygen atoms in total. The lowest BCUT2D eigenvalue weighted by Gasteiger charge is -2.16. The molecule has 0 fully saturated rings. The Morgan fingerprint density at radius 3 is 2.34 bits per heavy atom. The standard InChI is InChI=1S/C22H24N2O3S2/c1-2-17(18-7-4-3-5-8-18)15-23-22(25)19-10-12-21(13-11-19)29(26,27)24-16-20-9-6-14-28-20/h3-14,17,24H,2,15-16H2,1H3,(H,23,25). The maximum absolute atomic E-state index is 12.5. The number of rotatable bonds is 9. The van der Waals surface area contributed by atoms with Gasteiger partial charge in [0.05, 0.1) is 4.90 Å². The van der Waals surface area contributed by atoms with Crippen LogP contribution in [0.15, 0.2) is 77.0 Å².